The topological polar surface area (TPSA) is 50.2 Å². The summed E-state index contributed by atoms with van der Waals surface area (Å²) in [7, 11) is 0. The van der Waals surface area contributed by atoms with E-state index in [1.807, 2.05) is 49.7 Å². The highest BCUT2D eigenvalue weighted by Gasteiger charge is 2.16. The predicted molar refractivity (Wildman–Crippen MR) is 112 cm³/mol. The molecule has 0 aliphatic heterocycles. The number of benzene rings is 2. The van der Waals surface area contributed by atoms with Crippen LogP contribution in [0.3, 0.4) is 0 Å². The quantitative estimate of drug-likeness (QED) is 0.645. The molecule has 0 atom stereocenters. The fourth-order valence-electron chi connectivity index (χ4n) is 3.36. The van der Waals surface area contributed by atoms with Crippen molar-refractivity contribution in [1.82, 2.24) is 20.0 Å². The molecule has 1 heterocycles. The Kier molecular flexibility index (Phi) is 6.65. The monoisotopic (exact) mass is 394 g/mol. The number of halogens is 1. The van der Waals surface area contributed by atoms with E-state index in [2.05, 4.69) is 22.5 Å². The molecule has 0 fully saturated rings. The molecule has 3 aromatic rings. The summed E-state index contributed by atoms with van der Waals surface area (Å²) in [5, 5.41) is 7.62. The molecule has 1 aromatic heterocycles. The number of hydrogen-bond acceptors (Lipinski definition) is 2. The van der Waals surface area contributed by atoms with Gasteiger partial charge in [-0.1, -0.05) is 42.5 Å². The first-order valence-electron chi connectivity index (χ1n) is 9.82. The molecule has 0 saturated heterocycles. The predicted octanol–water partition coefficient (Wildman–Crippen LogP) is 4.42. The van der Waals surface area contributed by atoms with Gasteiger partial charge < -0.3 is 10.2 Å². The Morgan fingerprint density at radius 1 is 1.10 bits per heavy atom. The SMILES string of the molecule is CCN(Cc1cccc(F)c1)C(=O)NCc1c(C)nn(Cc2ccccc2)c1C. The van der Waals surface area contributed by atoms with Crippen LogP contribution >= 0.6 is 0 Å². The number of aryl methyl sites for hydroxylation is 1. The van der Waals surface area contributed by atoms with Crippen LogP contribution in [0.15, 0.2) is 54.6 Å². The van der Waals surface area contributed by atoms with E-state index in [0.29, 0.717) is 26.2 Å². The lowest BCUT2D eigenvalue weighted by atomic mass is 10.2. The minimum Gasteiger partial charge on any atom is -0.334 e. The largest absolute Gasteiger partial charge is 0.334 e. The molecular formula is C23H27FN4O. The van der Waals surface area contributed by atoms with Crippen molar-refractivity contribution < 1.29 is 9.18 Å². The van der Waals surface area contributed by atoms with Gasteiger partial charge in [0.2, 0.25) is 0 Å². The summed E-state index contributed by atoms with van der Waals surface area (Å²) in [5.41, 5.74) is 4.92. The second-order valence-corrected chi connectivity index (χ2v) is 7.10. The summed E-state index contributed by atoms with van der Waals surface area (Å²) in [4.78, 5) is 14.3. The average Bonchev–Trinajstić information content (AvgIpc) is 2.98. The van der Waals surface area contributed by atoms with E-state index in [4.69, 9.17) is 0 Å². The molecule has 0 aliphatic rings. The number of nitrogens with one attached hydrogen (secondary N) is 1. The van der Waals surface area contributed by atoms with Crippen LogP contribution in [-0.4, -0.2) is 27.3 Å². The molecule has 0 aliphatic carbocycles. The van der Waals surface area contributed by atoms with Gasteiger partial charge in [-0.25, -0.2) is 9.18 Å². The standard InChI is InChI=1S/C23H27FN4O/c1-4-27(15-20-11-8-12-21(24)13-20)23(29)25-14-22-17(2)26-28(18(22)3)16-19-9-6-5-7-10-19/h5-13H,4,14-16H2,1-3H3,(H,25,29). The van der Waals surface area contributed by atoms with Gasteiger partial charge in [0.15, 0.2) is 0 Å². The van der Waals surface area contributed by atoms with E-state index in [1.54, 1.807) is 11.0 Å². The van der Waals surface area contributed by atoms with Crippen molar-refractivity contribution in [3.05, 3.63) is 88.5 Å². The van der Waals surface area contributed by atoms with Crippen LogP contribution in [0.5, 0.6) is 0 Å². The zero-order chi connectivity index (χ0) is 20.8. The van der Waals surface area contributed by atoms with Crippen molar-refractivity contribution in [1.29, 1.82) is 0 Å². The Bertz CT molecular complexity index is 968. The van der Waals surface area contributed by atoms with E-state index in [9.17, 15) is 9.18 Å². The molecule has 0 radical (unpaired) electrons. The van der Waals surface area contributed by atoms with Crippen LogP contribution in [0.2, 0.25) is 0 Å². The average molecular weight is 394 g/mol. The van der Waals surface area contributed by atoms with Crippen LogP contribution in [-0.2, 0) is 19.6 Å². The van der Waals surface area contributed by atoms with Crippen LogP contribution in [0.25, 0.3) is 0 Å². The molecule has 0 spiro atoms. The van der Waals surface area contributed by atoms with Gasteiger partial charge in [-0.05, 0) is 44.0 Å². The third-order valence-corrected chi connectivity index (χ3v) is 5.05. The van der Waals surface area contributed by atoms with Crippen LogP contribution in [0.1, 0.15) is 35.0 Å². The lowest BCUT2D eigenvalue weighted by molar-refractivity contribution is 0.197. The van der Waals surface area contributed by atoms with Gasteiger partial charge in [-0.15, -0.1) is 0 Å². The van der Waals surface area contributed by atoms with Crippen LogP contribution < -0.4 is 5.32 Å². The molecule has 2 aromatic carbocycles. The molecule has 152 valence electrons. The molecule has 0 saturated carbocycles. The van der Waals surface area contributed by atoms with Gasteiger partial charge in [-0.3, -0.25) is 4.68 Å². The van der Waals surface area contributed by atoms with Crippen molar-refractivity contribution in [2.75, 3.05) is 6.54 Å². The van der Waals surface area contributed by atoms with Gasteiger partial charge in [0.05, 0.1) is 12.2 Å². The first-order valence-corrected chi connectivity index (χ1v) is 9.82. The highest BCUT2D eigenvalue weighted by atomic mass is 19.1. The minimum atomic E-state index is -0.295. The number of nitrogens with zero attached hydrogens (tertiary/aromatic N) is 3. The first kappa shape index (κ1) is 20.6. The lowest BCUT2D eigenvalue weighted by Gasteiger charge is -2.21. The van der Waals surface area contributed by atoms with Gasteiger partial charge in [0.25, 0.3) is 0 Å². The Balaban J connectivity index is 1.64. The minimum absolute atomic E-state index is 0.175. The summed E-state index contributed by atoms with van der Waals surface area (Å²) >= 11 is 0. The highest BCUT2D eigenvalue weighted by Crippen LogP contribution is 2.15. The Morgan fingerprint density at radius 3 is 2.52 bits per heavy atom. The van der Waals surface area contributed by atoms with Crippen molar-refractivity contribution in [2.45, 2.75) is 40.4 Å². The lowest BCUT2D eigenvalue weighted by Crippen LogP contribution is -2.39. The van der Waals surface area contributed by atoms with Gasteiger partial charge in [0.1, 0.15) is 5.82 Å². The zero-order valence-corrected chi connectivity index (χ0v) is 17.2. The van der Waals surface area contributed by atoms with Gasteiger partial charge in [0, 0.05) is 30.9 Å². The Morgan fingerprint density at radius 2 is 1.83 bits per heavy atom. The summed E-state index contributed by atoms with van der Waals surface area (Å²) in [6.07, 6.45) is 0. The number of carbonyl (C=O) groups is 1. The van der Waals surface area contributed by atoms with Crippen molar-refractivity contribution >= 4 is 6.03 Å². The third-order valence-electron chi connectivity index (χ3n) is 5.05. The Hall–Kier alpha value is -3.15. The molecule has 29 heavy (non-hydrogen) atoms. The number of urea groups is 1. The molecule has 1 N–H and O–H groups in total. The number of hydrogen-bond donors (Lipinski definition) is 1. The number of aromatic nitrogens is 2. The molecule has 2 amide bonds. The smallest absolute Gasteiger partial charge is 0.317 e. The molecule has 0 bridgehead atoms. The molecule has 0 unspecified atom stereocenters. The Labute approximate surface area is 171 Å². The summed E-state index contributed by atoms with van der Waals surface area (Å²) in [5.74, 6) is -0.295. The second kappa shape index (κ2) is 9.37. The van der Waals surface area contributed by atoms with E-state index in [0.717, 1.165) is 22.5 Å². The van der Waals surface area contributed by atoms with E-state index < -0.39 is 0 Å². The molecule has 5 nitrogen and oxygen atoms in total. The molecule has 6 heteroatoms. The zero-order valence-electron chi connectivity index (χ0n) is 17.2. The fraction of sp³-hybridized carbons (Fsp3) is 0.304. The van der Waals surface area contributed by atoms with Crippen LogP contribution in [0.4, 0.5) is 9.18 Å². The summed E-state index contributed by atoms with van der Waals surface area (Å²) in [6.45, 7) is 7.90. The maximum absolute atomic E-state index is 13.4. The summed E-state index contributed by atoms with van der Waals surface area (Å²) in [6, 6.07) is 16.3. The van der Waals surface area contributed by atoms with Crippen LogP contribution in [0, 0.1) is 19.7 Å². The number of carbonyl (C=O) groups excluding carboxylic acids is 1. The van der Waals surface area contributed by atoms with E-state index in [1.165, 1.54) is 17.7 Å². The number of amides is 2. The van der Waals surface area contributed by atoms with Gasteiger partial charge >= 0.3 is 6.03 Å². The second-order valence-electron chi connectivity index (χ2n) is 7.10. The van der Waals surface area contributed by atoms with E-state index in [-0.39, 0.29) is 11.8 Å². The maximum Gasteiger partial charge on any atom is 0.317 e. The third kappa shape index (κ3) is 5.22. The van der Waals surface area contributed by atoms with Crippen molar-refractivity contribution in [3.63, 3.8) is 0 Å². The highest BCUT2D eigenvalue weighted by molar-refractivity contribution is 5.74. The summed E-state index contributed by atoms with van der Waals surface area (Å²) < 4.78 is 15.4. The molecular weight excluding hydrogens is 367 g/mol. The van der Waals surface area contributed by atoms with Crippen molar-refractivity contribution in [3.8, 4) is 0 Å². The normalized spacial score (nSPS) is 10.8. The fourth-order valence-corrected chi connectivity index (χ4v) is 3.36. The maximum atomic E-state index is 13.4. The molecule has 3 rings (SSSR count). The van der Waals surface area contributed by atoms with E-state index >= 15 is 0 Å². The number of rotatable bonds is 7. The first-order chi connectivity index (χ1) is 14.0. The van der Waals surface area contributed by atoms with Crippen molar-refractivity contribution in [2.24, 2.45) is 0 Å². The van der Waals surface area contributed by atoms with Gasteiger partial charge in [-0.2, -0.15) is 5.10 Å².